The van der Waals surface area contributed by atoms with Crippen molar-refractivity contribution >= 4 is 11.8 Å². The van der Waals surface area contributed by atoms with Crippen molar-refractivity contribution < 1.29 is 8.83 Å². The summed E-state index contributed by atoms with van der Waals surface area (Å²) < 4.78 is 12.9. The Morgan fingerprint density at radius 3 is 2.41 bits per heavy atom. The molecule has 0 radical (unpaired) electrons. The summed E-state index contributed by atoms with van der Waals surface area (Å²) in [7, 11) is 0. The molecule has 0 bridgehead atoms. The third-order valence-electron chi connectivity index (χ3n) is 4.35. The molecule has 0 unspecified atom stereocenters. The number of hydrogen-bond donors (Lipinski definition) is 0. The molecular formula is C22H16N4O2S. The summed E-state index contributed by atoms with van der Waals surface area (Å²) in [4.78, 5) is 0. The molecule has 142 valence electrons. The minimum Gasteiger partial charge on any atom is -0.459 e. The summed E-state index contributed by atoms with van der Waals surface area (Å²) in [6.45, 7) is 0. The molecule has 0 aliphatic heterocycles. The maximum absolute atomic E-state index is 5.71. The van der Waals surface area contributed by atoms with Gasteiger partial charge in [0.05, 0.1) is 17.6 Å². The maximum atomic E-state index is 5.71. The van der Waals surface area contributed by atoms with Crippen molar-refractivity contribution in [2.24, 2.45) is 0 Å². The van der Waals surface area contributed by atoms with Crippen LogP contribution in [0, 0.1) is 0 Å². The highest BCUT2D eigenvalue weighted by atomic mass is 32.2. The molecule has 2 aromatic carbocycles. The third-order valence-corrected chi connectivity index (χ3v) is 5.21. The number of para-hydroxylation sites is 1. The highest BCUT2D eigenvalue weighted by molar-refractivity contribution is 7.98. The molecule has 0 atom stereocenters. The second-order valence-electron chi connectivity index (χ2n) is 6.29. The number of rotatable bonds is 6. The second-order valence-corrected chi connectivity index (χ2v) is 7.21. The van der Waals surface area contributed by atoms with Crippen LogP contribution in [0.4, 0.5) is 0 Å². The van der Waals surface area contributed by atoms with Crippen molar-refractivity contribution in [1.29, 1.82) is 0 Å². The van der Waals surface area contributed by atoms with Crippen LogP contribution in [0.2, 0.25) is 0 Å². The molecular weight excluding hydrogens is 384 g/mol. The Bertz CT molecular complexity index is 1200. The first-order chi connectivity index (χ1) is 14.4. The van der Waals surface area contributed by atoms with Crippen LogP contribution in [0.3, 0.4) is 0 Å². The summed E-state index contributed by atoms with van der Waals surface area (Å²) in [5.41, 5.74) is 4.11. The maximum Gasteiger partial charge on any atom is 0.284 e. The van der Waals surface area contributed by atoms with E-state index in [4.69, 9.17) is 13.9 Å². The van der Waals surface area contributed by atoms with E-state index in [-0.39, 0.29) is 0 Å². The van der Waals surface area contributed by atoms with Gasteiger partial charge in [-0.1, -0.05) is 60.3 Å². The molecule has 3 aromatic heterocycles. The lowest BCUT2D eigenvalue weighted by Crippen LogP contribution is -1.93. The highest BCUT2D eigenvalue weighted by Crippen LogP contribution is 2.30. The third kappa shape index (κ3) is 3.72. The summed E-state index contributed by atoms with van der Waals surface area (Å²) >= 11 is 1.47. The number of furan rings is 1. The number of nitrogens with zero attached hydrogens (tertiary/aromatic N) is 4. The fourth-order valence-electron chi connectivity index (χ4n) is 2.97. The molecule has 7 heteroatoms. The Labute approximate surface area is 171 Å². The smallest absolute Gasteiger partial charge is 0.284 e. The zero-order valence-electron chi connectivity index (χ0n) is 15.3. The molecule has 0 N–H and O–H groups in total. The van der Waals surface area contributed by atoms with Gasteiger partial charge >= 0.3 is 0 Å². The summed E-state index contributed by atoms with van der Waals surface area (Å²) in [5.74, 6) is 1.59. The monoisotopic (exact) mass is 400 g/mol. The van der Waals surface area contributed by atoms with Gasteiger partial charge in [-0.05, 0) is 24.3 Å². The molecule has 5 rings (SSSR count). The van der Waals surface area contributed by atoms with Gasteiger partial charge < -0.3 is 8.83 Å². The van der Waals surface area contributed by atoms with Crippen molar-refractivity contribution in [3.05, 3.63) is 90.8 Å². The SMILES string of the molecule is c1ccc(-c2nn(-c3ccccc3)cc2CSc2nnc(-c3ccco3)o2)cc1. The summed E-state index contributed by atoms with van der Waals surface area (Å²) in [6, 6.07) is 23.8. The quantitative estimate of drug-likeness (QED) is 0.352. The largest absolute Gasteiger partial charge is 0.459 e. The molecule has 0 spiro atoms. The topological polar surface area (TPSA) is 69.9 Å². The van der Waals surface area contributed by atoms with Gasteiger partial charge in [-0.15, -0.1) is 10.2 Å². The van der Waals surface area contributed by atoms with Crippen LogP contribution in [0.15, 0.2) is 99.3 Å². The molecule has 0 aliphatic carbocycles. The van der Waals surface area contributed by atoms with Gasteiger partial charge in [0.2, 0.25) is 0 Å². The molecule has 0 saturated carbocycles. The molecule has 0 aliphatic rings. The van der Waals surface area contributed by atoms with Crippen molar-refractivity contribution in [3.8, 4) is 28.6 Å². The average Bonchev–Trinajstić information content (AvgIpc) is 3.54. The fraction of sp³-hybridized carbons (Fsp3) is 0.0455. The Morgan fingerprint density at radius 1 is 0.862 bits per heavy atom. The lowest BCUT2D eigenvalue weighted by molar-refractivity contribution is 0.447. The number of hydrogen-bond acceptors (Lipinski definition) is 6. The van der Waals surface area contributed by atoms with Crippen LogP contribution in [-0.4, -0.2) is 20.0 Å². The summed E-state index contributed by atoms with van der Waals surface area (Å²) in [6.07, 6.45) is 3.63. The minimum atomic E-state index is 0.376. The van der Waals surface area contributed by atoms with Crippen molar-refractivity contribution in [2.75, 3.05) is 0 Å². The molecule has 3 heterocycles. The van der Waals surface area contributed by atoms with E-state index in [1.54, 1.807) is 18.4 Å². The van der Waals surface area contributed by atoms with E-state index in [0.29, 0.717) is 22.6 Å². The fourth-order valence-corrected chi connectivity index (χ4v) is 3.70. The Morgan fingerprint density at radius 2 is 1.66 bits per heavy atom. The predicted octanol–water partition coefficient (Wildman–Crippen LogP) is 5.47. The first-order valence-corrected chi connectivity index (χ1v) is 10.0. The van der Waals surface area contributed by atoms with E-state index in [9.17, 15) is 0 Å². The average molecular weight is 400 g/mol. The lowest BCUT2D eigenvalue weighted by Gasteiger charge is -2.01. The van der Waals surface area contributed by atoms with Crippen LogP contribution < -0.4 is 0 Å². The zero-order valence-corrected chi connectivity index (χ0v) is 16.1. The van der Waals surface area contributed by atoms with Gasteiger partial charge in [-0.25, -0.2) is 4.68 Å². The van der Waals surface area contributed by atoms with E-state index in [1.165, 1.54) is 11.8 Å². The highest BCUT2D eigenvalue weighted by Gasteiger charge is 2.16. The molecule has 6 nitrogen and oxygen atoms in total. The standard InChI is InChI=1S/C22H16N4O2S/c1-3-8-16(9-4-1)20-17(14-26(25-20)18-10-5-2-6-11-18)15-29-22-24-23-21(28-22)19-12-7-13-27-19/h1-14H,15H2. The van der Waals surface area contributed by atoms with E-state index in [0.717, 1.165) is 22.5 Å². The van der Waals surface area contributed by atoms with E-state index in [2.05, 4.69) is 28.5 Å². The predicted molar refractivity (Wildman–Crippen MR) is 111 cm³/mol. The summed E-state index contributed by atoms with van der Waals surface area (Å²) in [5, 5.41) is 13.5. The molecule has 0 fully saturated rings. The van der Waals surface area contributed by atoms with Gasteiger partial charge in [0.15, 0.2) is 5.76 Å². The first-order valence-electron chi connectivity index (χ1n) is 9.06. The lowest BCUT2D eigenvalue weighted by atomic mass is 10.1. The Kier molecular flexibility index (Phi) is 4.72. The normalized spacial score (nSPS) is 11.0. The number of thioether (sulfide) groups is 1. The Balaban J connectivity index is 1.43. The Hall–Kier alpha value is -3.58. The van der Waals surface area contributed by atoms with Gasteiger partial charge in [0.25, 0.3) is 11.1 Å². The minimum absolute atomic E-state index is 0.376. The van der Waals surface area contributed by atoms with Gasteiger partial charge in [0, 0.05) is 23.1 Å². The van der Waals surface area contributed by atoms with Crippen molar-refractivity contribution in [2.45, 2.75) is 11.0 Å². The van der Waals surface area contributed by atoms with E-state index in [1.807, 2.05) is 53.2 Å². The number of aromatic nitrogens is 4. The zero-order chi connectivity index (χ0) is 19.5. The van der Waals surface area contributed by atoms with Gasteiger partial charge in [-0.2, -0.15) is 5.10 Å². The van der Waals surface area contributed by atoms with Crippen LogP contribution in [0.1, 0.15) is 5.56 Å². The second kappa shape index (κ2) is 7.81. The van der Waals surface area contributed by atoms with Crippen LogP contribution in [-0.2, 0) is 5.75 Å². The van der Waals surface area contributed by atoms with Crippen molar-refractivity contribution in [3.63, 3.8) is 0 Å². The van der Waals surface area contributed by atoms with Crippen LogP contribution in [0.25, 0.3) is 28.6 Å². The van der Waals surface area contributed by atoms with Crippen LogP contribution in [0.5, 0.6) is 0 Å². The molecule has 29 heavy (non-hydrogen) atoms. The van der Waals surface area contributed by atoms with Crippen molar-refractivity contribution in [1.82, 2.24) is 20.0 Å². The van der Waals surface area contributed by atoms with Gasteiger partial charge in [-0.3, -0.25) is 0 Å². The van der Waals surface area contributed by atoms with Crippen LogP contribution >= 0.6 is 11.8 Å². The molecule has 0 amide bonds. The molecule has 0 saturated heterocycles. The first kappa shape index (κ1) is 17.5. The molecule has 5 aromatic rings. The van der Waals surface area contributed by atoms with E-state index >= 15 is 0 Å². The number of benzene rings is 2. The van der Waals surface area contributed by atoms with E-state index < -0.39 is 0 Å². The van der Waals surface area contributed by atoms with Gasteiger partial charge in [0.1, 0.15) is 0 Å².